The van der Waals surface area contributed by atoms with Gasteiger partial charge >= 0.3 is 0 Å². The number of nitrogens with zero attached hydrogens (tertiary/aromatic N) is 8. The number of phenols is 1. The van der Waals surface area contributed by atoms with Gasteiger partial charge in [0.25, 0.3) is 0 Å². The van der Waals surface area contributed by atoms with E-state index in [0.717, 1.165) is 51.3 Å². The molecule has 0 spiro atoms. The lowest BCUT2D eigenvalue weighted by molar-refractivity contribution is -0.141. The Morgan fingerprint density at radius 1 is 0.885 bits per heavy atom. The maximum absolute atomic E-state index is 14.3. The minimum Gasteiger partial charge on any atom is -0.507 e. The van der Waals surface area contributed by atoms with E-state index in [1.807, 2.05) is 81.7 Å². The van der Waals surface area contributed by atoms with Crippen LogP contribution in [0.3, 0.4) is 0 Å². The lowest BCUT2D eigenvalue weighted by atomic mass is 9.91. The molecule has 0 saturated carbocycles. The quantitative estimate of drug-likeness (QED) is 0.121. The summed E-state index contributed by atoms with van der Waals surface area (Å²) in [7, 11) is 0. The lowest BCUT2D eigenvalue weighted by Gasteiger charge is -2.39. The van der Waals surface area contributed by atoms with Crippen molar-refractivity contribution < 1.29 is 24.3 Å². The molecular weight excluding hydrogens is 791 g/mol. The number of aromatic hydroxyl groups is 1. The molecule has 2 aliphatic rings. The van der Waals surface area contributed by atoms with Gasteiger partial charge < -0.3 is 29.9 Å². The van der Waals surface area contributed by atoms with Gasteiger partial charge in [-0.2, -0.15) is 0 Å². The molecule has 2 aliphatic heterocycles. The highest BCUT2D eigenvalue weighted by molar-refractivity contribution is 7.13. The third-order valence-corrected chi connectivity index (χ3v) is 12.7. The van der Waals surface area contributed by atoms with Gasteiger partial charge in [0.15, 0.2) is 0 Å². The summed E-state index contributed by atoms with van der Waals surface area (Å²) >= 11 is 1.59. The molecule has 7 aromatic rings. The van der Waals surface area contributed by atoms with Crippen LogP contribution in [0.1, 0.15) is 67.7 Å². The number of likely N-dealkylation sites (tertiary alicyclic amines) is 1. The van der Waals surface area contributed by atoms with Crippen LogP contribution in [0.5, 0.6) is 5.75 Å². The van der Waals surface area contributed by atoms with Crippen LogP contribution in [0, 0.1) is 12.8 Å². The molecule has 4 aromatic heterocycles. The number of aliphatic hydroxyl groups is 1. The summed E-state index contributed by atoms with van der Waals surface area (Å²) in [4.78, 5) is 46.3. The summed E-state index contributed by atoms with van der Waals surface area (Å²) in [6, 6.07) is 23.8. The van der Waals surface area contributed by atoms with E-state index in [2.05, 4.69) is 52.7 Å². The first-order chi connectivity index (χ1) is 29.5. The monoisotopic (exact) mass is 835 g/mol. The number of anilines is 1. The van der Waals surface area contributed by atoms with Gasteiger partial charge in [-0.05, 0) is 60.7 Å². The molecule has 2 amide bonds. The molecular formula is C46H45N9O5S. The second kappa shape index (κ2) is 16.5. The van der Waals surface area contributed by atoms with E-state index in [0.29, 0.717) is 34.2 Å². The van der Waals surface area contributed by atoms with Gasteiger partial charge in [-0.15, -0.1) is 21.5 Å². The van der Waals surface area contributed by atoms with Gasteiger partial charge in [0.2, 0.25) is 17.8 Å². The highest BCUT2D eigenvalue weighted by Crippen LogP contribution is 2.36. The first kappa shape index (κ1) is 39.9. The second-order valence-electron chi connectivity index (χ2n) is 16.3. The van der Waals surface area contributed by atoms with Crippen molar-refractivity contribution in [3.05, 3.63) is 119 Å². The Morgan fingerprint density at radius 3 is 2.38 bits per heavy atom. The fourth-order valence-corrected chi connectivity index (χ4v) is 9.10. The number of para-hydroxylation sites is 1. The van der Waals surface area contributed by atoms with Crippen molar-refractivity contribution in [3.8, 4) is 38.7 Å². The van der Waals surface area contributed by atoms with Gasteiger partial charge in [-0.25, -0.2) is 15.0 Å². The largest absolute Gasteiger partial charge is 0.507 e. The van der Waals surface area contributed by atoms with Crippen molar-refractivity contribution in [2.75, 3.05) is 24.5 Å². The number of nitrogens with one attached hydrogen (secondary N) is 1. The van der Waals surface area contributed by atoms with Crippen LogP contribution in [0.25, 0.3) is 43.9 Å². The van der Waals surface area contributed by atoms with Crippen LogP contribution in [0.2, 0.25) is 0 Å². The third kappa shape index (κ3) is 7.93. The Labute approximate surface area is 356 Å². The number of aliphatic hydroxyl groups excluding tert-OH is 1. The highest BCUT2D eigenvalue weighted by Gasteiger charge is 2.43. The van der Waals surface area contributed by atoms with Crippen LogP contribution in [-0.2, 0) is 9.59 Å². The van der Waals surface area contributed by atoms with Crippen LogP contribution in [-0.4, -0.2) is 89.0 Å². The number of amides is 2. The van der Waals surface area contributed by atoms with Crippen molar-refractivity contribution >= 4 is 40.0 Å². The van der Waals surface area contributed by atoms with Crippen molar-refractivity contribution in [3.63, 3.8) is 0 Å². The van der Waals surface area contributed by atoms with Gasteiger partial charge in [-0.3, -0.25) is 9.59 Å². The number of hydrogen-bond donors (Lipinski definition) is 3. The number of hydrogen-bond acceptors (Lipinski definition) is 13. The first-order valence-corrected chi connectivity index (χ1v) is 21.3. The van der Waals surface area contributed by atoms with E-state index in [1.165, 1.54) is 4.90 Å². The van der Waals surface area contributed by atoms with Gasteiger partial charge in [0, 0.05) is 66.9 Å². The maximum atomic E-state index is 14.3. The highest BCUT2D eigenvalue weighted by atomic mass is 32.1. The number of fused-ring (bicyclic) bond motifs is 1. The Bertz CT molecular complexity index is 2710. The molecule has 9 rings (SSSR count). The number of aromatic nitrogens is 6. The summed E-state index contributed by atoms with van der Waals surface area (Å²) in [6.07, 6.45) is 2.70. The Balaban J connectivity index is 0.828. The molecule has 15 heteroatoms. The van der Waals surface area contributed by atoms with E-state index in [9.17, 15) is 19.8 Å². The predicted molar refractivity (Wildman–Crippen MR) is 232 cm³/mol. The number of aryl methyl sites for hydroxylation is 1. The van der Waals surface area contributed by atoms with Gasteiger partial charge in [0.05, 0.1) is 39.4 Å². The normalized spacial score (nSPS) is 17.7. The summed E-state index contributed by atoms with van der Waals surface area (Å²) in [5, 5.41) is 38.1. The molecule has 61 heavy (non-hydrogen) atoms. The third-order valence-electron chi connectivity index (χ3n) is 11.8. The zero-order valence-corrected chi connectivity index (χ0v) is 35.0. The Morgan fingerprint density at radius 2 is 1.66 bits per heavy atom. The minimum absolute atomic E-state index is 0.0434. The van der Waals surface area contributed by atoms with E-state index in [-0.39, 0.29) is 48.4 Å². The molecule has 3 N–H and O–H groups in total. The number of benzene rings is 3. The summed E-state index contributed by atoms with van der Waals surface area (Å²) in [6.45, 7) is 9.25. The van der Waals surface area contributed by atoms with Crippen LogP contribution < -0.4 is 10.2 Å². The van der Waals surface area contributed by atoms with E-state index < -0.39 is 18.1 Å². The molecule has 2 fully saturated rings. The van der Waals surface area contributed by atoms with Crippen molar-refractivity contribution in [1.29, 1.82) is 0 Å². The first-order valence-electron chi connectivity index (χ1n) is 20.4. The van der Waals surface area contributed by atoms with Gasteiger partial charge in [-0.1, -0.05) is 67.5 Å². The second-order valence-corrected chi connectivity index (χ2v) is 17.1. The molecule has 310 valence electrons. The van der Waals surface area contributed by atoms with Crippen molar-refractivity contribution in [2.24, 2.45) is 5.92 Å². The predicted octanol–water partition coefficient (Wildman–Crippen LogP) is 7.06. The van der Waals surface area contributed by atoms with Crippen LogP contribution in [0.15, 0.2) is 101 Å². The number of phenolic OH excluding ortho intramolecular Hbond substituents is 1. The molecule has 4 atom stereocenters. The molecule has 2 saturated heterocycles. The lowest BCUT2D eigenvalue weighted by Crippen LogP contribution is -2.48. The molecule has 3 aromatic carbocycles. The summed E-state index contributed by atoms with van der Waals surface area (Å²) in [5.74, 6) is -0.147. The van der Waals surface area contributed by atoms with Crippen molar-refractivity contribution in [2.45, 2.75) is 64.1 Å². The van der Waals surface area contributed by atoms with E-state index in [4.69, 9.17) is 4.52 Å². The average molecular weight is 836 g/mol. The molecule has 0 unspecified atom stereocenters. The molecule has 6 heterocycles. The SMILES string of the molecule is Cc1ncsc1-c1ccc([C@H](C)NC(=O)[C@@H]2C[C@@H](O)CN2C(=O)[C@@H](c2cc(-c3cnc(N4CC(c5ccc6cc(-c7ccccc7O)nnc6c5)C4)nc3)no2)C(C)C)cc1. The summed E-state index contributed by atoms with van der Waals surface area (Å²) in [5.41, 5.74) is 9.13. The summed E-state index contributed by atoms with van der Waals surface area (Å²) < 4.78 is 5.80. The fraction of sp³-hybridized carbons (Fsp3) is 0.304. The molecule has 0 aliphatic carbocycles. The van der Waals surface area contributed by atoms with Gasteiger partial charge in [0.1, 0.15) is 29.2 Å². The Kier molecular flexibility index (Phi) is 10.8. The topological polar surface area (TPSA) is 184 Å². The number of carbonyl (C=O) groups excluding carboxylic acids is 2. The smallest absolute Gasteiger partial charge is 0.243 e. The van der Waals surface area contributed by atoms with Crippen LogP contribution >= 0.6 is 11.3 Å². The number of rotatable bonds is 11. The fourth-order valence-electron chi connectivity index (χ4n) is 8.29. The Hall–Kier alpha value is -6.58. The van der Waals surface area contributed by atoms with Crippen LogP contribution in [0.4, 0.5) is 5.95 Å². The molecule has 0 radical (unpaired) electrons. The minimum atomic E-state index is -0.839. The standard InChI is InChI=1S/C46H45N9O5S/c1-25(2)42(45(59)55-23-34(56)17-39(55)44(58)50-26(3)28-9-11-29(12-10-28)43-27(4)49-24-61-43)41-18-37(53-60-41)32-19-47-46(48-20-32)54-21-33(22-54)30-13-14-31-16-38(52-51-36(31)15-30)35-7-5-6-8-40(35)57/h5-16,18-20,24-26,33-34,39,42,56-57H,17,21-23H2,1-4H3,(H,50,58)/t26-,34+,39-,42+/m0/s1. The van der Waals surface area contributed by atoms with E-state index in [1.54, 1.807) is 41.9 Å². The number of β-amino-alcohol motifs (C(OH)–C–C–N with tert-alkyl or cyclic N) is 1. The number of carbonyl (C=O) groups is 2. The molecule has 0 bridgehead atoms. The zero-order chi connectivity index (χ0) is 42.4. The zero-order valence-electron chi connectivity index (χ0n) is 34.1. The van der Waals surface area contributed by atoms with E-state index >= 15 is 0 Å². The maximum Gasteiger partial charge on any atom is 0.243 e. The average Bonchev–Trinajstić information content (AvgIpc) is 4.01. The molecule has 14 nitrogen and oxygen atoms in total. The number of thiazole rings is 1. The van der Waals surface area contributed by atoms with Crippen molar-refractivity contribution in [1.82, 2.24) is 40.5 Å².